The van der Waals surface area contributed by atoms with Crippen molar-refractivity contribution in [1.29, 1.82) is 0 Å². The number of unbranched alkanes of at least 4 members (excludes halogenated alkanes) is 1. The minimum Gasteiger partial charge on any atom is -0.370 e. The van der Waals surface area contributed by atoms with Crippen LogP contribution in [0.3, 0.4) is 0 Å². The van der Waals surface area contributed by atoms with Gasteiger partial charge in [-0.2, -0.15) is 5.10 Å². The van der Waals surface area contributed by atoms with Crippen molar-refractivity contribution in [1.82, 2.24) is 25.0 Å². The van der Waals surface area contributed by atoms with Crippen LogP contribution in [0, 0.1) is 0 Å². The van der Waals surface area contributed by atoms with Gasteiger partial charge in [0.1, 0.15) is 11.9 Å². The van der Waals surface area contributed by atoms with Crippen molar-refractivity contribution in [2.75, 3.05) is 44.6 Å². The highest BCUT2D eigenvalue weighted by atomic mass is 127. The van der Waals surface area contributed by atoms with Gasteiger partial charge in [-0.1, -0.05) is 6.07 Å². The maximum Gasteiger partial charge on any atom is 0.194 e. The Balaban J connectivity index is 0.00000300. The maximum atomic E-state index is 5.94. The number of aromatic nitrogens is 3. The molecule has 0 spiro atoms. The van der Waals surface area contributed by atoms with Crippen molar-refractivity contribution >= 4 is 35.8 Å². The van der Waals surface area contributed by atoms with Gasteiger partial charge in [0.05, 0.1) is 19.3 Å². The second-order valence-corrected chi connectivity index (χ2v) is 6.84. The molecule has 9 heteroatoms. The van der Waals surface area contributed by atoms with Crippen molar-refractivity contribution in [2.24, 2.45) is 12.0 Å². The summed E-state index contributed by atoms with van der Waals surface area (Å²) in [7, 11) is 1.93. The lowest BCUT2D eigenvalue weighted by Gasteiger charge is -2.34. The van der Waals surface area contributed by atoms with E-state index in [2.05, 4.69) is 32.5 Å². The number of hydrogen-bond acceptors (Lipinski definition) is 5. The average Bonchev–Trinajstić information content (AvgIpc) is 3.17. The van der Waals surface area contributed by atoms with Crippen LogP contribution in [0.25, 0.3) is 0 Å². The SMILES string of the molecule is CCNC(=NCCCCNc1ccccn1)N1CCOC(c2cnn(C)c2)C1.I. The van der Waals surface area contributed by atoms with Crippen molar-refractivity contribution in [3.05, 3.63) is 42.4 Å². The molecule has 1 fully saturated rings. The van der Waals surface area contributed by atoms with E-state index < -0.39 is 0 Å². The van der Waals surface area contributed by atoms with Crippen LogP contribution in [-0.4, -0.2) is 65.0 Å². The minimum atomic E-state index is 0. The standard InChI is InChI=1S/C20H31N7O.HI/c1-3-21-20(24-11-7-6-10-23-19-8-4-5-9-22-19)27-12-13-28-18(16-27)17-14-25-26(2)15-17;/h4-5,8-9,14-15,18H,3,6-7,10-13,16H2,1-2H3,(H,21,24)(H,22,23);1H. The molecular formula is C20H32IN7O. The number of aliphatic imine (C=N–C) groups is 1. The molecule has 0 radical (unpaired) electrons. The summed E-state index contributed by atoms with van der Waals surface area (Å²) in [5.41, 5.74) is 1.11. The van der Waals surface area contributed by atoms with Gasteiger partial charge in [-0.05, 0) is 31.9 Å². The molecule has 3 rings (SSSR count). The Morgan fingerprint density at radius 3 is 2.97 bits per heavy atom. The molecule has 1 unspecified atom stereocenters. The fourth-order valence-electron chi connectivity index (χ4n) is 3.18. The largest absolute Gasteiger partial charge is 0.370 e. The van der Waals surface area contributed by atoms with Gasteiger partial charge in [0.2, 0.25) is 0 Å². The molecule has 1 aliphatic heterocycles. The summed E-state index contributed by atoms with van der Waals surface area (Å²) in [4.78, 5) is 11.4. The third-order valence-corrected chi connectivity index (χ3v) is 4.61. The van der Waals surface area contributed by atoms with Gasteiger partial charge in [-0.3, -0.25) is 9.67 Å². The van der Waals surface area contributed by atoms with Crippen LogP contribution in [0.1, 0.15) is 31.4 Å². The molecule has 1 saturated heterocycles. The molecule has 0 aliphatic carbocycles. The van der Waals surface area contributed by atoms with Crippen LogP contribution in [0.15, 0.2) is 41.8 Å². The normalized spacial score (nSPS) is 17.0. The Morgan fingerprint density at radius 1 is 1.34 bits per heavy atom. The van der Waals surface area contributed by atoms with Gasteiger partial charge in [0, 0.05) is 51.2 Å². The third-order valence-electron chi connectivity index (χ3n) is 4.61. The summed E-state index contributed by atoms with van der Waals surface area (Å²) in [5, 5.41) is 11.0. The minimum absolute atomic E-state index is 0. The molecular weight excluding hydrogens is 481 g/mol. The molecule has 0 bridgehead atoms. The van der Waals surface area contributed by atoms with Crippen molar-refractivity contribution in [3.63, 3.8) is 0 Å². The Kier molecular flexibility index (Phi) is 10.2. The first-order chi connectivity index (χ1) is 13.8. The number of nitrogens with zero attached hydrogens (tertiary/aromatic N) is 5. The lowest BCUT2D eigenvalue weighted by molar-refractivity contribution is -0.00804. The number of anilines is 1. The van der Waals surface area contributed by atoms with E-state index in [1.807, 2.05) is 42.3 Å². The van der Waals surface area contributed by atoms with E-state index in [0.717, 1.165) is 62.9 Å². The highest BCUT2D eigenvalue weighted by molar-refractivity contribution is 14.0. The van der Waals surface area contributed by atoms with Gasteiger partial charge in [0.25, 0.3) is 0 Å². The predicted octanol–water partition coefficient (Wildman–Crippen LogP) is 2.66. The smallest absolute Gasteiger partial charge is 0.194 e. The number of pyridine rings is 1. The summed E-state index contributed by atoms with van der Waals surface area (Å²) in [5.74, 6) is 1.89. The van der Waals surface area contributed by atoms with E-state index >= 15 is 0 Å². The summed E-state index contributed by atoms with van der Waals surface area (Å²) < 4.78 is 7.76. The number of aryl methyl sites for hydroxylation is 1. The maximum absolute atomic E-state index is 5.94. The van der Waals surface area contributed by atoms with Crippen molar-refractivity contribution in [2.45, 2.75) is 25.9 Å². The zero-order chi connectivity index (χ0) is 19.6. The monoisotopic (exact) mass is 513 g/mol. The predicted molar refractivity (Wildman–Crippen MR) is 127 cm³/mol. The van der Waals surface area contributed by atoms with E-state index in [4.69, 9.17) is 9.73 Å². The first-order valence-corrected chi connectivity index (χ1v) is 10.0. The fraction of sp³-hybridized carbons (Fsp3) is 0.550. The summed E-state index contributed by atoms with van der Waals surface area (Å²) in [6.45, 7) is 7.01. The van der Waals surface area contributed by atoms with Crippen LogP contribution in [0.5, 0.6) is 0 Å². The number of nitrogens with one attached hydrogen (secondary N) is 2. The Labute approximate surface area is 190 Å². The zero-order valence-electron chi connectivity index (χ0n) is 17.3. The zero-order valence-corrected chi connectivity index (χ0v) is 19.6. The molecule has 0 saturated carbocycles. The first-order valence-electron chi connectivity index (χ1n) is 10.0. The number of ether oxygens (including phenoxy) is 1. The molecule has 8 nitrogen and oxygen atoms in total. The fourth-order valence-corrected chi connectivity index (χ4v) is 3.18. The van der Waals surface area contributed by atoms with E-state index in [9.17, 15) is 0 Å². The topological polar surface area (TPSA) is 79.6 Å². The van der Waals surface area contributed by atoms with E-state index in [-0.39, 0.29) is 30.1 Å². The van der Waals surface area contributed by atoms with Gasteiger partial charge in [0.15, 0.2) is 5.96 Å². The van der Waals surface area contributed by atoms with Gasteiger partial charge in [-0.15, -0.1) is 24.0 Å². The van der Waals surface area contributed by atoms with Gasteiger partial charge >= 0.3 is 0 Å². The number of hydrogen-bond donors (Lipinski definition) is 2. The molecule has 1 atom stereocenters. The number of guanidine groups is 1. The summed E-state index contributed by atoms with van der Waals surface area (Å²) >= 11 is 0. The van der Waals surface area contributed by atoms with Crippen molar-refractivity contribution < 1.29 is 4.74 Å². The second kappa shape index (κ2) is 12.6. The molecule has 160 valence electrons. The highest BCUT2D eigenvalue weighted by Crippen LogP contribution is 2.21. The molecule has 29 heavy (non-hydrogen) atoms. The molecule has 1 aliphatic rings. The lowest BCUT2D eigenvalue weighted by Crippen LogP contribution is -2.48. The van der Waals surface area contributed by atoms with Gasteiger partial charge < -0.3 is 20.3 Å². The lowest BCUT2D eigenvalue weighted by atomic mass is 10.1. The molecule has 2 aromatic rings. The van der Waals surface area contributed by atoms with Crippen LogP contribution in [0.4, 0.5) is 5.82 Å². The molecule has 2 aromatic heterocycles. The summed E-state index contributed by atoms with van der Waals surface area (Å²) in [6.07, 6.45) is 7.83. The van der Waals surface area contributed by atoms with Crippen LogP contribution < -0.4 is 10.6 Å². The Hall–Kier alpha value is -1.88. The van der Waals surface area contributed by atoms with Gasteiger partial charge in [-0.25, -0.2) is 4.98 Å². The highest BCUT2D eigenvalue weighted by Gasteiger charge is 2.25. The number of halogens is 1. The van der Waals surface area contributed by atoms with Crippen molar-refractivity contribution in [3.8, 4) is 0 Å². The first kappa shape index (κ1) is 23.4. The Bertz CT molecular complexity index is 737. The van der Waals surface area contributed by atoms with E-state index in [0.29, 0.717) is 6.61 Å². The second-order valence-electron chi connectivity index (χ2n) is 6.84. The number of morpholine rings is 1. The average molecular weight is 513 g/mol. The Morgan fingerprint density at radius 2 is 2.24 bits per heavy atom. The third kappa shape index (κ3) is 7.46. The molecule has 2 N–H and O–H groups in total. The van der Waals surface area contributed by atoms with Crippen LogP contribution >= 0.6 is 24.0 Å². The van der Waals surface area contributed by atoms with E-state index in [1.54, 1.807) is 6.20 Å². The number of rotatable bonds is 8. The van der Waals surface area contributed by atoms with Crippen LogP contribution in [-0.2, 0) is 11.8 Å². The quantitative estimate of drug-likeness (QED) is 0.245. The molecule has 3 heterocycles. The molecule has 0 amide bonds. The summed E-state index contributed by atoms with van der Waals surface area (Å²) in [6, 6.07) is 5.90. The van der Waals surface area contributed by atoms with E-state index in [1.165, 1.54) is 0 Å². The molecule has 0 aromatic carbocycles. The van der Waals surface area contributed by atoms with Crippen LogP contribution in [0.2, 0.25) is 0 Å².